The number of aromatic nitrogens is 2. The van der Waals surface area contributed by atoms with Crippen LogP contribution in [0.25, 0.3) is 0 Å². The van der Waals surface area contributed by atoms with Crippen LogP contribution in [0.1, 0.15) is 22.6 Å². The van der Waals surface area contributed by atoms with Gasteiger partial charge in [-0.2, -0.15) is 5.10 Å². The predicted molar refractivity (Wildman–Crippen MR) is 72.4 cm³/mol. The molecule has 0 radical (unpaired) electrons. The number of carbonyl (C=O) groups is 1. The molecule has 6 heteroatoms. The third kappa shape index (κ3) is 2.53. The molecule has 0 saturated carbocycles. The van der Waals surface area contributed by atoms with Crippen LogP contribution >= 0.6 is 0 Å². The van der Waals surface area contributed by atoms with Crippen molar-refractivity contribution in [1.82, 2.24) is 19.6 Å². The molecule has 0 atom stereocenters. The first-order valence-electron chi connectivity index (χ1n) is 6.77. The van der Waals surface area contributed by atoms with Crippen LogP contribution in [0.3, 0.4) is 0 Å². The van der Waals surface area contributed by atoms with Crippen LogP contribution in [0, 0.1) is 0 Å². The van der Waals surface area contributed by atoms with Gasteiger partial charge in [-0.25, -0.2) is 0 Å². The second-order valence-corrected chi connectivity index (χ2v) is 5.15. The van der Waals surface area contributed by atoms with Crippen molar-refractivity contribution in [3.05, 3.63) is 17.5 Å². The average molecular weight is 261 g/mol. The van der Waals surface area contributed by atoms with Gasteiger partial charge in [0.15, 0.2) is 5.69 Å². The number of fused-ring (bicyclic) bond motifs is 1. The van der Waals surface area contributed by atoms with Gasteiger partial charge in [-0.15, -0.1) is 0 Å². The van der Waals surface area contributed by atoms with Crippen LogP contribution in [-0.2, 0) is 13.1 Å². The second kappa shape index (κ2) is 5.13. The summed E-state index contributed by atoms with van der Waals surface area (Å²) in [5, 5.41) is 4.44. The summed E-state index contributed by atoms with van der Waals surface area (Å²) in [6.45, 7) is 4.89. The van der Waals surface area contributed by atoms with Crippen molar-refractivity contribution in [2.24, 2.45) is 4.99 Å². The highest BCUT2D eigenvalue weighted by atomic mass is 16.2. The SMILES string of the molecule is CN1CCN(C(=O)c2cc3n(n2)CCC=NC3)CC1. The van der Waals surface area contributed by atoms with Gasteiger partial charge >= 0.3 is 0 Å². The highest BCUT2D eigenvalue weighted by molar-refractivity contribution is 5.92. The fourth-order valence-electron chi connectivity index (χ4n) is 2.48. The van der Waals surface area contributed by atoms with Gasteiger partial charge in [0, 0.05) is 45.4 Å². The zero-order chi connectivity index (χ0) is 13.2. The Balaban J connectivity index is 1.75. The number of rotatable bonds is 1. The zero-order valence-corrected chi connectivity index (χ0v) is 11.2. The quantitative estimate of drug-likeness (QED) is 0.728. The van der Waals surface area contributed by atoms with Crippen LogP contribution < -0.4 is 0 Å². The summed E-state index contributed by atoms with van der Waals surface area (Å²) in [4.78, 5) is 20.8. The molecule has 1 aromatic rings. The number of likely N-dealkylation sites (N-methyl/N-ethyl adjacent to an activating group) is 1. The van der Waals surface area contributed by atoms with E-state index in [1.165, 1.54) is 0 Å². The minimum absolute atomic E-state index is 0.0534. The van der Waals surface area contributed by atoms with Crippen LogP contribution in [0.4, 0.5) is 0 Å². The van der Waals surface area contributed by atoms with E-state index in [1.54, 1.807) is 0 Å². The summed E-state index contributed by atoms with van der Waals surface area (Å²) in [7, 11) is 2.08. The molecule has 1 amide bonds. The standard InChI is InChI=1S/C13H19N5O/c1-16-5-7-17(8-6-16)13(19)12-9-11-10-14-3-2-4-18(11)15-12/h3,9H,2,4-8,10H2,1H3. The largest absolute Gasteiger partial charge is 0.335 e. The summed E-state index contributed by atoms with van der Waals surface area (Å²) in [5.74, 6) is 0.0534. The van der Waals surface area contributed by atoms with Gasteiger partial charge in [0.2, 0.25) is 0 Å². The lowest BCUT2D eigenvalue weighted by Crippen LogP contribution is -2.47. The Morgan fingerprint density at radius 2 is 2.00 bits per heavy atom. The Hall–Kier alpha value is -1.69. The predicted octanol–water partition coefficient (Wildman–Crippen LogP) is 0.245. The van der Waals surface area contributed by atoms with E-state index in [1.807, 2.05) is 21.9 Å². The summed E-state index contributed by atoms with van der Waals surface area (Å²) in [6.07, 6.45) is 2.81. The Labute approximate surface area is 112 Å². The fraction of sp³-hybridized carbons (Fsp3) is 0.615. The van der Waals surface area contributed by atoms with Crippen molar-refractivity contribution in [1.29, 1.82) is 0 Å². The van der Waals surface area contributed by atoms with Crippen molar-refractivity contribution in [3.8, 4) is 0 Å². The first-order chi connectivity index (χ1) is 9.24. The van der Waals surface area contributed by atoms with E-state index in [-0.39, 0.29) is 5.91 Å². The van der Waals surface area contributed by atoms with Gasteiger partial charge in [-0.05, 0) is 13.1 Å². The van der Waals surface area contributed by atoms with Crippen LogP contribution in [0.15, 0.2) is 11.1 Å². The summed E-state index contributed by atoms with van der Waals surface area (Å²) in [6, 6.07) is 1.89. The van der Waals surface area contributed by atoms with E-state index in [2.05, 4.69) is 22.0 Å². The van der Waals surface area contributed by atoms with E-state index >= 15 is 0 Å². The molecule has 0 bridgehead atoms. The van der Waals surface area contributed by atoms with E-state index < -0.39 is 0 Å². The molecule has 3 heterocycles. The molecule has 3 rings (SSSR count). The number of hydrogen-bond donors (Lipinski definition) is 0. The molecule has 19 heavy (non-hydrogen) atoms. The van der Waals surface area contributed by atoms with E-state index in [0.29, 0.717) is 12.2 Å². The van der Waals surface area contributed by atoms with Crippen molar-refractivity contribution < 1.29 is 4.79 Å². The topological polar surface area (TPSA) is 53.7 Å². The number of carbonyl (C=O) groups excluding carboxylic acids is 1. The molecule has 1 fully saturated rings. The minimum atomic E-state index is 0.0534. The van der Waals surface area contributed by atoms with Crippen LogP contribution in [-0.4, -0.2) is 64.9 Å². The van der Waals surface area contributed by atoms with Crippen molar-refractivity contribution in [3.63, 3.8) is 0 Å². The first-order valence-corrected chi connectivity index (χ1v) is 6.77. The smallest absolute Gasteiger partial charge is 0.274 e. The van der Waals surface area contributed by atoms with Gasteiger partial charge in [0.1, 0.15) is 0 Å². The lowest BCUT2D eigenvalue weighted by Gasteiger charge is -2.31. The van der Waals surface area contributed by atoms with Gasteiger partial charge in [0.05, 0.1) is 12.2 Å². The molecule has 0 aliphatic carbocycles. The number of amides is 1. The molecule has 6 nitrogen and oxygen atoms in total. The van der Waals surface area contributed by atoms with E-state index in [0.717, 1.165) is 44.8 Å². The van der Waals surface area contributed by atoms with Crippen molar-refractivity contribution >= 4 is 12.1 Å². The molecule has 2 aliphatic rings. The summed E-state index contributed by atoms with van der Waals surface area (Å²) < 4.78 is 1.91. The van der Waals surface area contributed by atoms with Gasteiger partial charge in [-0.3, -0.25) is 14.5 Å². The lowest BCUT2D eigenvalue weighted by molar-refractivity contribution is 0.0657. The molecule has 0 aromatic carbocycles. The summed E-state index contributed by atoms with van der Waals surface area (Å²) >= 11 is 0. The van der Waals surface area contributed by atoms with Gasteiger partial charge < -0.3 is 9.80 Å². The van der Waals surface area contributed by atoms with Gasteiger partial charge in [-0.1, -0.05) is 0 Å². The lowest BCUT2D eigenvalue weighted by atomic mass is 10.2. The first kappa shape index (κ1) is 12.3. The molecular weight excluding hydrogens is 242 g/mol. The maximum absolute atomic E-state index is 12.4. The third-order valence-electron chi connectivity index (χ3n) is 3.73. The molecule has 102 valence electrons. The number of piperazine rings is 1. The number of aryl methyl sites for hydroxylation is 1. The van der Waals surface area contributed by atoms with Crippen LogP contribution in [0.5, 0.6) is 0 Å². The molecule has 1 aromatic heterocycles. The zero-order valence-electron chi connectivity index (χ0n) is 11.2. The Bertz CT molecular complexity index is 499. The van der Waals surface area contributed by atoms with Gasteiger partial charge in [0.25, 0.3) is 5.91 Å². The van der Waals surface area contributed by atoms with E-state index in [9.17, 15) is 4.79 Å². The molecule has 0 unspecified atom stereocenters. The van der Waals surface area contributed by atoms with Crippen molar-refractivity contribution in [2.75, 3.05) is 33.2 Å². The molecule has 0 spiro atoms. The average Bonchev–Trinajstić information content (AvgIpc) is 2.70. The highest BCUT2D eigenvalue weighted by Crippen LogP contribution is 2.12. The normalized spacial score (nSPS) is 20.2. The third-order valence-corrected chi connectivity index (χ3v) is 3.73. The fourth-order valence-corrected chi connectivity index (χ4v) is 2.48. The Morgan fingerprint density at radius 3 is 2.79 bits per heavy atom. The number of nitrogens with zero attached hydrogens (tertiary/aromatic N) is 5. The van der Waals surface area contributed by atoms with Crippen molar-refractivity contribution in [2.45, 2.75) is 19.5 Å². The Kier molecular flexibility index (Phi) is 3.33. The number of hydrogen-bond acceptors (Lipinski definition) is 4. The highest BCUT2D eigenvalue weighted by Gasteiger charge is 2.23. The monoisotopic (exact) mass is 261 g/mol. The molecular formula is C13H19N5O. The van der Waals surface area contributed by atoms with Crippen LogP contribution in [0.2, 0.25) is 0 Å². The maximum atomic E-state index is 12.4. The number of aliphatic imine (C=N–C) groups is 1. The van der Waals surface area contributed by atoms with E-state index in [4.69, 9.17) is 0 Å². The maximum Gasteiger partial charge on any atom is 0.274 e. The second-order valence-electron chi connectivity index (χ2n) is 5.15. The summed E-state index contributed by atoms with van der Waals surface area (Å²) in [5.41, 5.74) is 1.60. The molecule has 1 saturated heterocycles. The molecule has 2 aliphatic heterocycles. The minimum Gasteiger partial charge on any atom is -0.335 e. The Morgan fingerprint density at radius 1 is 1.21 bits per heavy atom. The molecule has 0 N–H and O–H groups in total.